The van der Waals surface area contributed by atoms with E-state index < -0.39 is 0 Å². The average molecular weight is 348 g/mol. The first-order chi connectivity index (χ1) is 11.4. The Morgan fingerprint density at radius 1 is 1.33 bits per heavy atom. The molecule has 2 aromatic heterocycles. The molecule has 0 unspecified atom stereocenters. The van der Waals surface area contributed by atoms with Crippen LogP contribution in [0.15, 0.2) is 5.38 Å². The lowest BCUT2D eigenvalue weighted by Gasteiger charge is -2.32. The molecule has 0 radical (unpaired) electrons. The van der Waals surface area contributed by atoms with Gasteiger partial charge in [0, 0.05) is 25.4 Å². The number of carbonyl (C=O) groups excluding carboxylic acids is 2. The van der Waals surface area contributed by atoms with Gasteiger partial charge in [0.2, 0.25) is 5.91 Å². The number of piperidine rings is 1. The Hall–Kier alpha value is -2.29. The van der Waals surface area contributed by atoms with E-state index in [1.54, 1.807) is 10.3 Å². The van der Waals surface area contributed by atoms with Crippen LogP contribution in [-0.2, 0) is 4.79 Å². The van der Waals surface area contributed by atoms with Crippen LogP contribution in [0.3, 0.4) is 0 Å². The second kappa shape index (κ2) is 6.68. The summed E-state index contributed by atoms with van der Waals surface area (Å²) in [7, 11) is 0. The van der Waals surface area contributed by atoms with Gasteiger partial charge in [-0.05, 0) is 26.7 Å². The molecule has 3 rings (SSSR count). The van der Waals surface area contributed by atoms with Crippen LogP contribution in [0.5, 0.6) is 0 Å². The lowest BCUT2D eigenvalue weighted by Crippen LogP contribution is -2.41. The maximum Gasteiger partial charge on any atom is 0.273 e. The van der Waals surface area contributed by atoms with E-state index in [-0.39, 0.29) is 17.9 Å². The van der Waals surface area contributed by atoms with Crippen LogP contribution in [0.2, 0.25) is 0 Å². The zero-order valence-electron chi connectivity index (χ0n) is 13.9. The minimum atomic E-state index is -0.196. The smallest absolute Gasteiger partial charge is 0.273 e. The first kappa shape index (κ1) is 16.6. The molecule has 1 fully saturated rings. The molecule has 0 aliphatic carbocycles. The highest BCUT2D eigenvalue weighted by molar-refractivity contribution is 7.14. The average Bonchev–Trinajstić information content (AvgIpc) is 3.12. The zero-order chi connectivity index (χ0) is 17.3. The highest BCUT2D eigenvalue weighted by Crippen LogP contribution is 2.24. The number of nitrogens with zero attached hydrogens (tertiary/aromatic N) is 5. The summed E-state index contributed by atoms with van der Waals surface area (Å²) >= 11 is 1.26. The number of carbonyl (C=O) groups is 2. The summed E-state index contributed by atoms with van der Waals surface area (Å²) in [5.74, 6) is 1.31. The van der Waals surface area contributed by atoms with Crippen LogP contribution in [0.4, 0.5) is 5.13 Å². The van der Waals surface area contributed by atoms with Crippen molar-refractivity contribution in [2.45, 2.75) is 39.7 Å². The van der Waals surface area contributed by atoms with Gasteiger partial charge in [-0.2, -0.15) is 5.10 Å². The predicted octanol–water partition coefficient (Wildman–Crippen LogP) is 1.79. The number of likely N-dealkylation sites (tertiary alicyclic amines) is 1. The van der Waals surface area contributed by atoms with E-state index in [0.29, 0.717) is 23.9 Å². The number of anilines is 1. The van der Waals surface area contributed by atoms with Gasteiger partial charge >= 0.3 is 0 Å². The molecule has 24 heavy (non-hydrogen) atoms. The lowest BCUT2D eigenvalue weighted by atomic mass is 10.1. The minimum absolute atomic E-state index is 0.109. The number of hydrogen-bond acceptors (Lipinski definition) is 6. The summed E-state index contributed by atoms with van der Waals surface area (Å²) in [6.45, 7) is 6.51. The first-order valence-corrected chi connectivity index (χ1v) is 8.74. The Bertz CT molecular complexity index is 768. The van der Waals surface area contributed by atoms with Crippen molar-refractivity contribution in [1.29, 1.82) is 0 Å². The Labute approximate surface area is 143 Å². The number of aromatic nitrogens is 4. The van der Waals surface area contributed by atoms with Crippen molar-refractivity contribution in [3.8, 4) is 0 Å². The fourth-order valence-electron chi connectivity index (χ4n) is 2.96. The molecule has 1 aliphatic rings. The van der Waals surface area contributed by atoms with Gasteiger partial charge in [0.15, 0.2) is 5.13 Å². The number of nitrogens with one attached hydrogen (secondary N) is 1. The molecule has 0 bridgehead atoms. The van der Waals surface area contributed by atoms with E-state index in [9.17, 15) is 9.59 Å². The van der Waals surface area contributed by atoms with Crippen molar-refractivity contribution in [1.82, 2.24) is 24.6 Å². The van der Waals surface area contributed by atoms with Gasteiger partial charge in [-0.15, -0.1) is 11.3 Å². The largest absolute Gasteiger partial charge is 0.335 e. The van der Waals surface area contributed by atoms with Gasteiger partial charge in [0.1, 0.15) is 17.3 Å². The minimum Gasteiger partial charge on any atom is -0.335 e. The molecule has 0 aromatic carbocycles. The third-order valence-corrected chi connectivity index (χ3v) is 4.70. The highest BCUT2D eigenvalue weighted by Gasteiger charge is 2.28. The normalized spacial score (nSPS) is 17.8. The second-order valence-electron chi connectivity index (χ2n) is 5.92. The Morgan fingerprint density at radius 3 is 2.79 bits per heavy atom. The third-order valence-electron chi connectivity index (χ3n) is 3.94. The maximum atomic E-state index is 12.7. The highest BCUT2D eigenvalue weighted by atomic mass is 32.1. The van der Waals surface area contributed by atoms with Gasteiger partial charge in [0.25, 0.3) is 5.91 Å². The van der Waals surface area contributed by atoms with Crippen molar-refractivity contribution in [3.63, 3.8) is 0 Å². The fraction of sp³-hybridized carbons (Fsp3) is 0.533. The van der Waals surface area contributed by atoms with Crippen molar-refractivity contribution in [3.05, 3.63) is 22.7 Å². The van der Waals surface area contributed by atoms with Crippen molar-refractivity contribution >= 4 is 28.3 Å². The van der Waals surface area contributed by atoms with E-state index in [4.69, 9.17) is 0 Å². The topological polar surface area (TPSA) is 93.0 Å². The number of rotatable bonds is 3. The molecule has 9 heteroatoms. The molecule has 1 saturated heterocycles. The number of thiazole rings is 1. The van der Waals surface area contributed by atoms with Gasteiger partial charge in [-0.3, -0.25) is 9.59 Å². The molecule has 1 N–H and O–H groups in total. The molecule has 128 valence electrons. The summed E-state index contributed by atoms with van der Waals surface area (Å²) < 4.78 is 1.92. The molecule has 8 nitrogen and oxygen atoms in total. The monoisotopic (exact) mass is 348 g/mol. The van der Waals surface area contributed by atoms with Gasteiger partial charge < -0.3 is 10.2 Å². The molecule has 1 aliphatic heterocycles. The van der Waals surface area contributed by atoms with Gasteiger partial charge in [-0.25, -0.2) is 14.6 Å². The summed E-state index contributed by atoms with van der Waals surface area (Å²) in [4.78, 5) is 34.1. The summed E-state index contributed by atoms with van der Waals surface area (Å²) in [6.07, 6.45) is 1.89. The van der Waals surface area contributed by atoms with E-state index >= 15 is 0 Å². The van der Waals surface area contributed by atoms with E-state index in [2.05, 4.69) is 20.4 Å². The Kier molecular flexibility index (Phi) is 4.61. The van der Waals surface area contributed by atoms with E-state index in [0.717, 1.165) is 24.5 Å². The molecule has 2 amide bonds. The molecular weight excluding hydrogens is 328 g/mol. The quantitative estimate of drug-likeness (QED) is 0.913. The SMILES string of the molecule is CC(=O)Nc1nc(C(=O)N2CCC[C@H](n3nc(C)nc3C)C2)cs1. The predicted molar refractivity (Wildman–Crippen MR) is 90.1 cm³/mol. The molecule has 3 heterocycles. The standard InChI is InChI=1S/C15H20N6O2S/c1-9-16-10(2)21(19-9)12-5-4-6-20(7-12)14(23)13-8-24-15(18-13)17-11(3)22/h8,12H,4-7H2,1-3H3,(H,17,18,22)/t12-/m0/s1. The van der Waals surface area contributed by atoms with Gasteiger partial charge in [0.05, 0.1) is 6.04 Å². The number of aryl methyl sites for hydroxylation is 2. The Morgan fingerprint density at radius 2 is 2.12 bits per heavy atom. The second-order valence-corrected chi connectivity index (χ2v) is 6.78. The Balaban J connectivity index is 1.72. The van der Waals surface area contributed by atoms with E-state index in [1.165, 1.54) is 18.3 Å². The number of amides is 2. The molecule has 0 saturated carbocycles. The zero-order valence-corrected chi connectivity index (χ0v) is 14.8. The molecule has 0 spiro atoms. The van der Waals surface area contributed by atoms with E-state index in [1.807, 2.05) is 18.5 Å². The summed E-state index contributed by atoms with van der Waals surface area (Å²) in [6, 6.07) is 0.136. The van der Waals surface area contributed by atoms with Crippen LogP contribution < -0.4 is 5.32 Å². The molecule has 1 atom stereocenters. The van der Waals surface area contributed by atoms with Crippen LogP contribution in [-0.4, -0.2) is 49.6 Å². The van der Waals surface area contributed by atoms with Crippen LogP contribution in [0.1, 0.15) is 47.9 Å². The van der Waals surface area contributed by atoms with Crippen LogP contribution in [0, 0.1) is 13.8 Å². The third kappa shape index (κ3) is 3.45. The fourth-order valence-corrected chi connectivity index (χ4v) is 3.69. The van der Waals surface area contributed by atoms with Crippen LogP contribution in [0.25, 0.3) is 0 Å². The van der Waals surface area contributed by atoms with Crippen molar-refractivity contribution in [2.75, 3.05) is 18.4 Å². The summed E-state index contributed by atoms with van der Waals surface area (Å²) in [5, 5.41) is 9.18. The van der Waals surface area contributed by atoms with Gasteiger partial charge in [-0.1, -0.05) is 0 Å². The first-order valence-electron chi connectivity index (χ1n) is 7.86. The van der Waals surface area contributed by atoms with Crippen molar-refractivity contribution in [2.24, 2.45) is 0 Å². The molecular formula is C15H20N6O2S. The summed E-state index contributed by atoms with van der Waals surface area (Å²) in [5.41, 5.74) is 0.371. The van der Waals surface area contributed by atoms with Crippen LogP contribution >= 0.6 is 11.3 Å². The lowest BCUT2D eigenvalue weighted by molar-refractivity contribution is -0.114. The maximum absolute atomic E-state index is 12.7. The number of hydrogen-bond donors (Lipinski definition) is 1. The van der Waals surface area contributed by atoms with Crippen molar-refractivity contribution < 1.29 is 9.59 Å². The molecule has 2 aromatic rings.